The molecule has 1 aromatic carbocycles. The lowest BCUT2D eigenvalue weighted by Gasteiger charge is -2.50. The summed E-state index contributed by atoms with van der Waals surface area (Å²) >= 11 is 0. The Balaban J connectivity index is 0.00000210. The summed E-state index contributed by atoms with van der Waals surface area (Å²) in [6.07, 6.45) is 14.1. The van der Waals surface area contributed by atoms with Crippen molar-refractivity contribution in [1.82, 2.24) is 4.90 Å². The third kappa shape index (κ3) is 4.31. The molecule has 27 heavy (non-hydrogen) atoms. The van der Waals surface area contributed by atoms with Crippen LogP contribution >= 0.6 is 12.4 Å². The minimum Gasteiger partial charge on any atom is -0.379 e. The number of ether oxygens (including phenoxy) is 1. The highest BCUT2D eigenvalue weighted by Gasteiger charge is 2.51. The number of benzene rings is 1. The van der Waals surface area contributed by atoms with Crippen LogP contribution in [0.1, 0.15) is 64.2 Å². The molecule has 2 saturated heterocycles. The molecule has 3 fully saturated rings. The van der Waals surface area contributed by atoms with Crippen molar-refractivity contribution in [3.63, 3.8) is 0 Å². The van der Waals surface area contributed by atoms with E-state index in [1.807, 2.05) is 7.11 Å². The Hall–Kier alpha value is -0.770. The second kappa shape index (κ2) is 9.62. The molecule has 0 radical (unpaired) electrons. The molecule has 0 bridgehead atoms. The van der Waals surface area contributed by atoms with Gasteiger partial charge in [0.05, 0.1) is 11.6 Å². The van der Waals surface area contributed by atoms with E-state index in [2.05, 4.69) is 40.1 Å². The SMILES string of the molecule is COC1CCN(c2ccccc2)C12CCN(C1CCCCCCC1)CC2.Cl. The first kappa shape index (κ1) is 21.0. The number of halogens is 1. The van der Waals surface area contributed by atoms with Gasteiger partial charge in [-0.15, -0.1) is 12.4 Å². The van der Waals surface area contributed by atoms with E-state index in [1.54, 1.807) is 0 Å². The number of para-hydroxylation sites is 1. The summed E-state index contributed by atoms with van der Waals surface area (Å²) in [6, 6.07) is 11.9. The summed E-state index contributed by atoms with van der Waals surface area (Å²) in [6.45, 7) is 3.62. The molecule has 0 N–H and O–H groups in total. The number of piperidine rings is 1. The molecular formula is C23H37ClN2O. The lowest BCUT2D eigenvalue weighted by molar-refractivity contribution is 0.00947. The van der Waals surface area contributed by atoms with Gasteiger partial charge in [0.1, 0.15) is 0 Å². The Morgan fingerprint density at radius 3 is 2.11 bits per heavy atom. The zero-order valence-corrected chi connectivity index (χ0v) is 17.8. The number of hydrogen-bond donors (Lipinski definition) is 0. The monoisotopic (exact) mass is 392 g/mol. The maximum Gasteiger partial charge on any atom is 0.0820 e. The normalized spacial score (nSPS) is 27.1. The van der Waals surface area contributed by atoms with Gasteiger partial charge in [-0.25, -0.2) is 0 Å². The standard InChI is InChI=1S/C23H36N2O.ClH/c1-26-22-14-17-25(21-12-8-5-9-13-21)23(22)15-18-24(19-16-23)20-10-6-3-2-4-7-11-20;/h5,8-9,12-13,20,22H,2-4,6-7,10-11,14-19H2,1H3;1H. The number of rotatable bonds is 3. The van der Waals surface area contributed by atoms with E-state index in [4.69, 9.17) is 4.74 Å². The van der Waals surface area contributed by atoms with Crippen molar-refractivity contribution in [2.45, 2.75) is 81.9 Å². The number of likely N-dealkylation sites (tertiary alicyclic amines) is 1. The molecule has 2 aliphatic heterocycles. The predicted octanol–water partition coefficient (Wildman–Crippen LogP) is 5.28. The summed E-state index contributed by atoms with van der Waals surface area (Å²) in [7, 11) is 1.92. The van der Waals surface area contributed by atoms with Crippen molar-refractivity contribution >= 4 is 18.1 Å². The first-order valence-corrected chi connectivity index (χ1v) is 10.9. The van der Waals surface area contributed by atoms with Gasteiger partial charge in [-0.2, -0.15) is 0 Å². The van der Waals surface area contributed by atoms with Gasteiger partial charge in [-0.3, -0.25) is 0 Å². The van der Waals surface area contributed by atoms with Crippen molar-refractivity contribution < 1.29 is 4.74 Å². The lowest BCUT2D eigenvalue weighted by Crippen LogP contribution is -2.59. The van der Waals surface area contributed by atoms with Crippen LogP contribution in [0.15, 0.2) is 30.3 Å². The number of hydrogen-bond acceptors (Lipinski definition) is 3. The van der Waals surface area contributed by atoms with Crippen LogP contribution in [0, 0.1) is 0 Å². The molecule has 4 rings (SSSR count). The molecule has 1 aliphatic carbocycles. The van der Waals surface area contributed by atoms with Crippen LogP contribution in [0.2, 0.25) is 0 Å². The molecule has 3 nitrogen and oxygen atoms in total. The van der Waals surface area contributed by atoms with Gasteiger partial charge in [0, 0.05) is 38.5 Å². The number of nitrogens with zero attached hydrogens (tertiary/aromatic N) is 2. The maximum atomic E-state index is 6.01. The molecule has 0 aromatic heterocycles. The molecule has 1 spiro atoms. The summed E-state index contributed by atoms with van der Waals surface area (Å²) in [5, 5.41) is 0. The van der Waals surface area contributed by atoms with Crippen LogP contribution in [0.25, 0.3) is 0 Å². The minimum atomic E-state index is 0. The van der Waals surface area contributed by atoms with Gasteiger partial charge in [0.2, 0.25) is 0 Å². The van der Waals surface area contributed by atoms with Crippen LogP contribution in [0.5, 0.6) is 0 Å². The fraction of sp³-hybridized carbons (Fsp3) is 0.739. The molecule has 1 aromatic rings. The van der Waals surface area contributed by atoms with Gasteiger partial charge in [-0.1, -0.05) is 50.3 Å². The van der Waals surface area contributed by atoms with Gasteiger partial charge >= 0.3 is 0 Å². The smallest absolute Gasteiger partial charge is 0.0820 e. The predicted molar refractivity (Wildman–Crippen MR) is 116 cm³/mol. The van der Waals surface area contributed by atoms with Gasteiger partial charge < -0.3 is 14.5 Å². The van der Waals surface area contributed by atoms with Crippen molar-refractivity contribution in [2.75, 3.05) is 31.6 Å². The minimum absolute atomic E-state index is 0. The third-order valence-electron chi connectivity index (χ3n) is 7.36. The Kier molecular flexibility index (Phi) is 7.47. The fourth-order valence-corrected chi connectivity index (χ4v) is 5.91. The van der Waals surface area contributed by atoms with E-state index in [0.717, 1.165) is 19.0 Å². The van der Waals surface area contributed by atoms with Crippen LogP contribution in [0.3, 0.4) is 0 Å². The first-order valence-electron chi connectivity index (χ1n) is 10.9. The summed E-state index contributed by atoms with van der Waals surface area (Å²) < 4.78 is 6.01. The first-order chi connectivity index (χ1) is 12.8. The average molecular weight is 393 g/mol. The van der Waals surface area contributed by atoms with Crippen LogP contribution in [-0.4, -0.2) is 49.3 Å². The lowest BCUT2D eigenvalue weighted by atomic mass is 9.81. The molecule has 152 valence electrons. The van der Waals surface area contributed by atoms with E-state index in [1.165, 1.54) is 76.6 Å². The summed E-state index contributed by atoms with van der Waals surface area (Å²) in [5.74, 6) is 0. The highest BCUT2D eigenvalue weighted by Crippen LogP contribution is 2.43. The molecule has 2 heterocycles. The van der Waals surface area contributed by atoms with E-state index in [-0.39, 0.29) is 17.9 Å². The van der Waals surface area contributed by atoms with E-state index < -0.39 is 0 Å². The van der Waals surface area contributed by atoms with Crippen molar-refractivity contribution in [3.05, 3.63) is 30.3 Å². The topological polar surface area (TPSA) is 15.7 Å². The van der Waals surface area contributed by atoms with Crippen LogP contribution in [0.4, 0.5) is 5.69 Å². The second-order valence-corrected chi connectivity index (χ2v) is 8.64. The Morgan fingerprint density at radius 1 is 0.852 bits per heavy atom. The largest absolute Gasteiger partial charge is 0.379 e. The maximum absolute atomic E-state index is 6.01. The van der Waals surface area contributed by atoms with Gasteiger partial charge in [-0.05, 0) is 44.2 Å². The third-order valence-corrected chi connectivity index (χ3v) is 7.36. The van der Waals surface area contributed by atoms with E-state index in [0.29, 0.717) is 6.10 Å². The number of methoxy groups -OCH3 is 1. The van der Waals surface area contributed by atoms with Crippen LogP contribution < -0.4 is 4.90 Å². The van der Waals surface area contributed by atoms with Crippen molar-refractivity contribution in [3.8, 4) is 0 Å². The van der Waals surface area contributed by atoms with Crippen molar-refractivity contribution in [1.29, 1.82) is 0 Å². The van der Waals surface area contributed by atoms with E-state index >= 15 is 0 Å². The average Bonchev–Trinajstić information content (AvgIpc) is 3.01. The number of anilines is 1. The zero-order valence-electron chi connectivity index (χ0n) is 16.9. The highest BCUT2D eigenvalue weighted by atomic mass is 35.5. The highest BCUT2D eigenvalue weighted by molar-refractivity contribution is 5.85. The van der Waals surface area contributed by atoms with Crippen LogP contribution in [-0.2, 0) is 4.74 Å². The van der Waals surface area contributed by atoms with E-state index in [9.17, 15) is 0 Å². The molecule has 1 saturated carbocycles. The quantitative estimate of drug-likeness (QED) is 0.695. The second-order valence-electron chi connectivity index (χ2n) is 8.64. The molecule has 3 aliphatic rings. The molecule has 4 heteroatoms. The van der Waals surface area contributed by atoms with Gasteiger partial charge in [0.15, 0.2) is 0 Å². The van der Waals surface area contributed by atoms with Crippen molar-refractivity contribution in [2.24, 2.45) is 0 Å². The van der Waals surface area contributed by atoms with Gasteiger partial charge in [0.25, 0.3) is 0 Å². The Morgan fingerprint density at radius 2 is 1.48 bits per heavy atom. The Labute approximate surface area is 171 Å². The molecule has 1 atom stereocenters. The molecule has 1 unspecified atom stereocenters. The molecule has 0 amide bonds. The summed E-state index contributed by atoms with van der Waals surface area (Å²) in [4.78, 5) is 5.50. The zero-order chi connectivity index (χ0) is 17.8. The molecular weight excluding hydrogens is 356 g/mol. The summed E-state index contributed by atoms with van der Waals surface area (Å²) in [5.41, 5.74) is 1.58. The Bertz CT molecular complexity index is 551. The fourth-order valence-electron chi connectivity index (χ4n) is 5.91.